The molecular formula is C10H13N5. The largest absolute Gasteiger partial charge is 0.399 e. The van der Waals surface area contributed by atoms with Crippen molar-refractivity contribution in [3.8, 4) is 0 Å². The number of benzene rings is 1. The smallest absolute Gasteiger partial charge is 0.143 e. The van der Waals surface area contributed by atoms with Gasteiger partial charge in [-0.15, -0.1) is 0 Å². The first kappa shape index (κ1) is 9.51. The van der Waals surface area contributed by atoms with Crippen LogP contribution in [0.2, 0.25) is 0 Å². The molecule has 5 heteroatoms. The maximum Gasteiger partial charge on any atom is 0.143 e. The van der Waals surface area contributed by atoms with Crippen LogP contribution < -0.4 is 11.1 Å². The van der Waals surface area contributed by atoms with Gasteiger partial charge in [-0.1, -0.05) is 0 Å². The summed E-state index contributed by atoms with van der Waals surface area (Å²) in [5.74, 6) is 0.801. The highest BCUT2D eigenvalue weighted by atomic mass is 15.2. The molecule has 0 radical (unpaired) electrons. The van der Waals surface area contributed by atoms with Gasteiger partial charge in [-0.25, -0.2) is 4.98 Å². The maximum atomic E-state index is 5.73. The summed E-state index contributed by atoms with van der Waals surface area (Å²) in [5, 5.41) is 9.77. The average Bonchev–Trinajstić information content (AvgIpc) is 2.65. The lowest BCUT2D eigenvalue weighted by Crippen LogP contribution is -2.02. The number of hydrogen-bond donors (Lipinski definition) is 3. The first-order chi connectivity index (χ1) is 7.24. The van der Waals surface area contributed by atoms with Crippen LogP contribution in [0.25, 0.3) is 0 Å². The van der Waals surface area contributed by atoms with E-state index < -0.39 is 0 Å². The Morgan fingerprint density at radius 2 is 2.27 bits per heavy atom. The zero-order valence-electron chi connectivity index (χ0n) is 8.49. The van der Waals surface area contributed by atoms with Crippen LogP contribution in [0.1, 0.15) is 11.4 Å². The SMILES string of the molecule is Cc1cc(N)cc(NCc2ncn[nH]2)c1. The minimum atomic E-state index is 0.614. The number of nitrogen functional groups attached to an aromatic ring is 1. The zero-order valence-corrected chi connectivity index (χ0v) is 8.49. The number of H-pyrrole nitrogens is 1. The Balaban J connectivity index is 2.05. The monoisotopic (exact) mass is 203 g/mol. The van der Waals surface area contributed by atoms with Crippen LogP contribution in [0.5, 0.6) is 0 Å². The Morgan fingerprint density at radius 3 is 2.93 bits per heavy atom. The van der Waals surface area contributed by atoms with Gasteiger partial charge in [-0.2, -0.15) is 5.10 Å². The van der Waals surface area contributed by atoms with E-state index in [-0.39, 0.29) is 0 Å². The molecule has 0 aliphatic heterocycles. The van der Waals surface area contributed by atoms with E-state index in [1.54, 1.807) is 0 Å². The molecule has 1 heterocycles. The molecule has 0 aliphatic rings. The molecule has 2 aromatic rings. The van der Waals surface area contributed by atoms with E-state index in [0.29, 0.717) is 6.54 Å². The van der Waals surface area contributed by atoms with Gasteiger partial charge in [-0.3, -0.25) is 5.10 Å². The zero-order chi connectivity index (χ0) is 10.7. The summed E-state index contributed by atoms with van der Waals surface area (Å²) in [4.78, 5) is 4.02. The molecule has 0 saturated heterocycles. The molecule has 0 saturated carbocycles. The standard InChI is InChI=1S/C10H13N5/c1-7-2-8(11)4-9(3-7)12-5-10-13-6-14-15-10/h2-4,6,12H,5,11H2,1H3,(H,13,14,15). The van der Waals surface area contributed by atoms with Crippen LogP contribution in [-0.4, -0.2) is 15.2 Å². The lowest BCUT2D eigenvalue weighted by molar-refractivity contribution is 0.954. The lowest BCUT2D eigenvalue weighted by atomic mass is 10.2. The minimum Gasteiger partial charge on any atom is -0.399 e. The molecule has 4 N–H and O–H groups in total. The molecule has 1 aromatic heterocycles. The Hall–Kier alpha value is -2.04. The van der Waals surface area contributed by atoms with Crippen LogP contribution in [0.4, 0.5) is 11.4 Å². The Bertz CT molecular complexity index is 415. The normalized spacial score (nSPS) is 10.2. The van der Waals surface area contributed by atoms with Crippen LogP contribution >= 0.6 is 0 Å². The summed E-state index contributed by atoms with van der Waals surface area (Å²) in [6.45, 7) is 2.62. The van der Waals surface area contributed by atoms with E-state index in [1.807, 2.05) is 25.1 Å². The second kappa shape index (κ2) is 4.00. The fourth-order valence-electron chi connectivity index (χ4n) is 1.42. The average molecular weight is 203 g/mol. The van der Waals surface area contributed by atoms with Crippen molar-refractivity contribution in [2.24, 2.45) is 0 Å². The number of aromatic amines is 1. The first-order valence-electron chi connectivity index (χ1n) is 4.69. The fraction of sp³-hybridized carbons (Fsp3) is 0.200. The molecule has 0 aliphatic carbocycles. The number of anilines is 2. The number of nitrogens with two attached hydrogens (primary N) is 1. The highest BCUT2D eigenvalue weighted by Crippen LogP contribution is 2.16. The minimum absolute atomic E-state index is 0.614. The van der Waals surface area contributed by atoms with Gasteiger partial charge in [0.15, 0.2) is 0 Å². The predicted octanol–water partition coefficient (Wildman–Crippen LogP) is 1.31. The Morgan fingerprint density at radius 1 is 1.40 bits per heavy atom. The summed E-state index contributed by atoms with van der Waals surface area (Å²) in [7, 11) is 0. The van der Waals surface area contributed by atoms with Crippen LogP contribution in [0.15, 0.2) is 24.5 Å². The van der Waals surface area contributed by atoms with E-state index in [2.05, 4.69) is 20.5 Å². The quantitative estimate of drug-likeness (QED) is 0.657. The van der Waals surface area contributed by atoms with Crippen molar-refractivity contribution in [3.05, 3.63) is 35.9 Å². The summed E-state index contributed by atoms with van der Waals surface area (Å²) in [5.41, 5.74) is 8.62. The predicted molar refractivity (Wildman–Crippen MR) is 59.3 cm³/mol. The highest BCUT2D eigenvalue weighted by molar-refractivity contribution is 5.56. The Labute approximate surface area is 87.7 Å². The molecule has 78 valence electrons. The van der Waals surface area contributed by atoms with Crippen molar-refractivity contribution in [3.63, 3.8) is 0 Å². The number of aromatic nitrogens is 3. The fourth-order valence-corrected chi connectivity index (χ4v) is 1.42. The van der Waals surface area contributed by atoms with Gasteiger partial charge in [-0.05, 0) is 30.7 Å². The van der Waals surface area contributed by atoms with Gasteiger partial charge >= 0.3 is 0 Å². The number of hydrogen-bond acceptors (Lipinski definition) is 4. The summed E-state index contributed by atoms with van der Waals surface area (Å²) >= 11 is 0. The Kier molecular flexibility index (Phi) is 2.53. The van der Waals surface area contributed by atoms with Gasteiger partial charge in [0.25, 0.3) is 0 Å². The van der Waals surface area contributed by atoms with Crippen molar-refractivity contribution in [1.29, 1.82) is 0 Å². The second-order valence-electron chi connectivity index (χ2n) is 3.42. The molecule has 15 heavy (non-hydrogen) atoms. The highest BCUT2D eigenvalue weighted by Gasteiger charge is 1.97. The summed E-state index contributed by atoms with van der Waals surface area (Å²) in [6, 6.07) is 5.86. The number of nitrogens with zero attached hydrogens (tertiary/aromatic N) is 2. The summed E-state index contributed by atoms with van der Waals surface area (Å²) in [6.07, 6.45) is 1.49. The summed E-state index contributed by atoms with van der Waals surface area (Å²) < 4.78 is 0. The van der Waals surface area contributed by atoms with E-state index in [0.717, 1.165) is 22.8 Å². The van der Waals surface area contributed by atoms with Gasteiger partial charge in [0.2, 0.25) is 0 Å². The second-order valence-corrected chi connectivity index (χ2v) is 3.42. The third-order valence-corrected chi connectivity index (χ3v) is 2.02. The molecule has 0 amide bonds. The maximum absolute atomic E-state index is 5.73. The number of nitrogens with one attached hydrogen (secondary N) is 2. The lowest BCUT2D eigenvalue weighted by Gasteiger charge is -2.06. The van der Waals surface area contributed by atoms with Crippen LogP contribution in [-0.2, 0) is 6.54 Å². The van der Waals surface area contributed by atoms with E-state index >= 15 is 0 Å². The topological polar surface area (TPSA) is 79.6 Å². The van der Waals surface area contributed by atoms with Crippen LogP contribution in [0, 0.1) is 6.92 Å². The van der Waals surface area contributed by atoms with E-state index in [9.17, 15) is 0 Å². The van der Waals surface area contributed by atoms with Crippen molar-refractivity contribution < 1.29 is 0 Å². The molecule has 0 unspecified atom stereocenters. The van der Waals surface area contributed by atoms with Crippen molar-refractivity contribution in [2.75, 3.05) is 11.1 Å². The van der Waals surface area contributed by atoms with Crippen molar-refractivity contribution in [2.45, 2.75) is 13.5 Å². The molecule has 1 aromatic carbocycles. The molecular weight excluding hydrogens is 190 g/mol. The van der Waals surface area contributed by atoms with Crippen molar-refractivity contribution in [1.82, 2.24) is 15.2 Å². The first-order valence-corrected chi connectivity index (χ1v) is 4.69. The van der Waals surface area contributed by atoms with Gasteiger partial charge in [0.1, 0.15) is 12.2 Å². The van der Waals surface area contributed by atoms with Crippen molar-refractivity contribution >= 4 is 11.4 Å². The molecule has 0 fully saturated rings. The van der Waals surface area contributed by atoms with E-state index in [4.69, 9.17) is 5.73 Å². The van der Waals surface area contributed by atoms with Gasteiger partial charge < -0.3 is 11.1 Å². The van der Waals surface area contributed by atoms with Gasteiger partial charge in [0, 0.05) is 11.4 Å². The van der Waals surface area contributed by atoms with E-state index in [1.165, 1.54) is 6.33 Å². The third kappa shape index (κ3) is 2.46. The number of rotatable bonds is 3. The van der Waals surface area contributed by atoms with Gasteiger partial charge in [0.05, 0.1) is 6.54 Å². The molecule has 0 bridgehead atoms. The molecule has 0 spiro atoms. The van der Waals surface area contributed by atoms with Crippen LogP contribution in [0.3, 0.4) is 0 Å². The molecule has 0 atom stereocenters. The molecule has 2 rings (SSSR count). The molecule has 5 nitrogen and oxygen atoms in total. The number of aryl methyl sites for hydroxylation is 1. The third-order valence-electron chi connectivity index (χ3n) is 2.02.